The average Bonchev–Trinajstić information content (AvgIpc) is 3.21. The summed E-state index contributed by atoms with van der Waals surface area (Å²) < 4.78 is 7.00. The van der Waals surface area contributed by atoms with Gasteiger partial charge in [0.15, 0.2) is 0 Å². The van der Waals surface area contributed by atoms with Gasteiger partial charge in [-0.05, 0) is 53.7 Å². The lowest BCUT2D eigenvalue weighted by molar-refractivity contribution is -0.0988. The Morgan fingerprint density at radius 1 is 1.60 bits per heavy atom. The maximum atomic E-state index is 12.3. The SMILES string of the molecule is CC1(C2CC2)CN(C(=O)NCc2ccc(Br)s2)CCO1. The van der Waals surface area contributed by atoms with E-state index in [9.17, 15) is 4.79 Å². The Bertz CT molecular complexity index is 503. The Morgan fingerprint density at radius 2 is 2.40 bits per heavy atom. The maximum absolute atomic E-state index is 12.3. The minimum absolute atomic E-state index is 0.0182. The van der Waals surface area contributed by atoms with Crippen molar-refractivity contribution in [2.45, 2.75) is 31.9 Å². The van der Waals surface area contributed by atoms with Crippen molar-refractivity contribution in [3.05, 3.63) is 20.8 Å². The van der Waals surface area contributed by atoms with Crippen LogP contribution in [0.5, 0.6) is 0 Å². The molecule has 2 fully saturated rings. The van der Waals surface area contributed by atoms with Crippen molar-refractivity contribution >= 4 is 33.3 Å². The van der Waals surface area contributed by atoms with Gasteiger partial charge in [-0.3, -0.25) is 0 Å². The Labute approximate surface area is 131 Å². The molecule has 1 aliphatic carbocycles. The summed E-state index contributed by atoms with van der Waals surface area (Å²) in [6.45, 7) is 4.76. The topological polar surface area (TPSA) is 41.6 Å². The molecule has 1 aliphatic heterocycles. The van der Waals surface area contributed by atoms with Crippen molar-refractivity contribution in [1.82, 2.24) is 10.2 Å². The number of hydrogen-bond donors (Lipinski definition) is 1. The number of carbonyl (C=O) groups excluding carboxylic acids is 1. The fourth-order valence-electron chi connectivity index (χ4n) is 2.73. The molecule has 4 nitrogen and oxygen atoms in total. The summed E-state index contributed by atoms with van der Waals surface area (Å²) in [5.74, 6) is 0.631. The zero-order valence-electron chi connectivity index (χ0n) is 11.5. The molecular formula is C14H19BrN2O2S. The molecule has 2 amide bonds. The molecule has 2 heterocycles. The first-order valence-electron chi connectivity index (χ1n) is 6.98. The van der Waals surface area contributed by atoms with E-state index in [1.54, 1.807) is 11.3 Å². The molecule has 6 heteroatoms. The molecule has 1 atom stereocenters. The highest BCUT2D eigenvalue weighted by Gasteiger charge is 2.46. The lowest BCUT2D eigenvalue weighted by Crippen LogP contribution is -2.55. The normalized spacial score (nSPS) is 26.6. The van der Waals surface area contributed by atoms with Gasteiger partial charge in [0.05, 0.1) is 29.1 Å². The summed E-state index contributed by atoms with van der Waals surface area (Å²) in [7, 11) is 0. The summed E-state index contributed by atoms with van der Waals surface area (Å²) in [5.41, 5.74) is -0.137. The van der Waals surface area contributed by atoms with Crippen LogP contribution >= 0.6 is 27.3 Å². The van der Waals surface area contributed by atoms with Gasteiger partial charge in [-0.15, -0.1) is 11.3 Å². The van der Waals surface area contributed by atoms with Gasteiger partial charge in [-0.2, -0.15) is 0 Å². The van der Waals surface area contributed by atoms with Crippen LogP contribution in [-0.4, -0.2) is 36.2 Å². The Kier molecular flexibility index (Phi) is 4.06. The van der Waals surface area contributed by atoms with Gasteiger partial charge in [-0.1, -0.05) is 0 Å². The minimum Gasteiger partial charge on any atom is -0.371 e. The minimum atomic E-state index is -0.137. The van der Waals surface area contributed by atoms with Crippen molar-refractivity contribution in [3.63, 3.8) is 0 Å². The van der Waals surface area contributed by atoms with E-state index in [0.717, 1.165) is 8.66 Å². The highest BCUT2D eigenvalue weighted by Crippen LogP contribution is 2.43. The number of urea groups is 1. The molecule has 20 heavy (non-hydrogen) atoms. The van der Waals surface area contributed by atoms with Crippen molar-refractivity contribution in [2.75, 3.05) is 19.7 Å². The van der Waals surface area contributed by atoms with Gasteiger partial charge >= 0.3 is 6.03 Å². The van der Waals surface area contributed by atoms with Crippen LogP contribution in [-0.2, 0) is 11.3 Å². The molecule has 1 unspecified atom stereocenters. The molecule has 1 aromatic rings. The molecule has 0 aromatic carbocycles. The average molecular weight is 359 g/mol. The molecule has 1 aromatic heterocycles. The number of thiophene rings is 1. The molecule has 1 saturated heterocycles. The van der Waals surface area contributed by atoms with E-state index >= 15 is 0 Å². The number of nitrogens with zero attached hydrogens (tertiary/aromatic N) is 1. The summed E-state index contributed by atoms with van der Waals surface area (Å²) in [6, 6.07) is 4.05. The molecule has 0 spiro atoms. The predicted octanol–water partition coefficient (Wildman–Crippen LogP) is 3.22. The van der Waals surface area contributed by atoms with Crippen molar-refractivity contribution in [2.24, 2.45) is 5.92 Å². The Hall–Kier alpha value is -0.590. The van der Waals surface area contributed by atoms with Crippen LogP contribution in [0.1, 0.15) is 24.6 Å². The second-order valence-electron chi connectivity index (χ2n) is 5.72. The third-order valence-corrected chi connectivity index (χ3v) is 5.69. The first-order chi connectivity index (χ1) is 9.57. The maximum Gasteiger partial charge on any atom is 0.317 e. The summed E-state index contributed by atoms with van der Waals surface area (Å²) in [4.78, 5) is 15.3. The van der Waals surface area contributed by atoms with E-state index in [-0.39, 0.29) is 11.6 Å². The monoisotopic (exact) mass is 358 g/mol. The van der Waals surface area contributed by atoms with Crippen LogP contribution in [0.3, 0.4) is 0 Å². The van der Waals surface area contributed by atoms with E-state index in [2.05, 4.69) is 28.2 Å². The second-order valence-corrected chi connectivity index (χ2v) is 8.27. The Morgan fingerprint density at radius 3 is 3.05 bits per heavy atom. The van der Waals surface area contributed by atoms with Crippen molar-refractivity contribution in [3.8, 4) is 0 Å². The van der Waals surface area contributed by atoms with Crippen LogP contribution in [0.2, 0.25) is 0 Å². The number of nitrogens with one attached hydrogen (secondary N) is 1. The predicted molar refractivity (Wildman–Crippen MR) is 82.9 cm³/mol. The fourth-order valence-corrected chi connectivity index (χ4v) is 4.15. The molecule has 1 saturated carbocycles. The lowest BCUT2D eigenvalue weighted by atomic mass is 9.98. The zero-order valence-corrected chi connectivity index (χ0v) is 13.9. The lowest BCUT2D eigenvalue weighted by Gasteiger charge is -2.40. The smallest absolute Gasteiger partial charge is 0.317 e. The molecule has 2 aliphatic rings. The third kappa shape index (κ3) is 3.18. The molecule has 0 bridgehead atoms. The number of rotatable bonds is 3. The van der Waals surface area contributed by atoms with E-state index in [1.807, 2.05) is 17.0 Å². The number of ether oxygens (including phenoxy) is 1. The largest absolute Gasteiger partial charge is 0.371 e. The van der Waals surface area contributed by atoms with Gasteiger partial charge in [0.2, 0.25) is 0 Å². The Balaban J connectivity index is 1.54. The van der Waals surface area contributed by atoms with Crippen LogP contribution in [0.4, 0.5) is 4.79 Å². The van der Waals surface area contributed by atoms with Crippen LogP contribution in [0.15, 0.2) is 15.9 Å². The number of morpholine rings is 1. The summed E-state index contributed by atoms with van der Waals surface area (Å²) in [6.07, 6.45) is 2.46. The van der Waals surface area contributed by atoms with Crippen molar-refractivity contribution in [1.29, 1.82) is 0 Å². The second kappa shape index (κ2) is 5.66. The van der Waals surface area contributed by atoms with Gasteiger partial charge in [-0.25, -0.2) is 4.79 Å². The van der Waals surface area contributed by atoms with E-state index in [4.69, 9.17) is 4.74 Å². The van der Waals surface area contributed by atoms with Gasteiger partial charge in [0.1, 0.15) is 0 Å². The molecule has 3 rings (SSSR count). The van der Waals surface area contributed by atoms with Gasteiger partial charge in [0.25, 0.3) is 0 Å². The number of hydrogen-bond acceptors (Lipinski definition) is 3. The van der Waals surface area contributed by atoms with Gasteiger partial charge in [0, 0.05) is 11.4 Å². The van der Waals surface area contributed by atoms with Gasteiger partial charge < -0.3 is 15.0 Å². The van der Waals surface area contributed by atoms with E-state index in [1.165, 1.54) is 12.8 Å². The van der Waals surface area contributed by atoms with E-state index < -0.39 is 0 Å². The van der Waals surface area contributed by atoms with Crippen LogP contribution in [0.25, 0.3) is 0 Å². The van der Waals surface area contributed by atoms with E-state index in [0.29, 0.717) is 32.2 Å². The van der Waals surface area contributed by atoms with Crippen LogP contribution in [0, 0.1) is 5.92 Å². The highest BCUT2D eigenvalue weighted by molar-refractivity contribution is 9.11. The number of halogens is 1. The highest BCUT2D eigenvalue weighted by atomic mass is 79.9. The fraction of sp³-hybridized carbons (Fsp3) is 0.643. The zero-order chi connectivity index (χ0) is 14.2. The van der Waals surface area contributed by atoms with Crippen molar-refractivity contribution < 1.29 is 9.53 Å². The molecule has 0 radical (unpaired) electrons. The summed E-state index contributed by atoms with van der Waals surface area (Å²) in [5, 5.41) is 3.00. The number of amides is 2. The quantitative estimate of drug-likeness (QED) is 0.901. The molecule has 110 valence electrons. The third-order valence-electron chi connectivity index (χ3n) is 4.07. The van der Waals surface area contributed by atoms with Crippen LogP contribution < -0.4 is 5.32 Å². The summed E-state index contributed by atoms with van der Waals surface area (Å²) >= 11 is 5.08. The first kappa shape index (κ1) is 14.4. The molecule has 1 N–H and O–H groups in total. The number of carbonyl (C=O) groups is 1. The standard InChI is InChI=1S/C14H19BrN2O2S/c1-14(10-2-3-10)9-17(6-7-19-14)13(18)16-8-11-4-5-12(15)20-11/h4-5,10H,2-3,6-9H2,1H3,(H,16,18). The molecular weight excluding hydrogens is 340 g/mol. The first-order valence-corrected chi connectivity index (χ1v) is 8.59.